The van der Waals surface area contributed by atoms with Crippen LogP contribution in [0, 0.1) is 16.0 Å². The number of rotatable bonds is 4. The highest BCUT2D eigenvalue weighted by Gasteiger charge is 2.38. The number of imidazole rings is 1. The number of carbonyl (C=O) groups is 1. The molecule has 0 spiro atoms. The molecule has 0 radical (unpaired) electrons. The number of non-ortho nitro benzene ring substituents is 1. The molecule has 8 nitrogen and oxygen atoms in total. The zero-order chi connectivity index (χ0) is 17.3. The summed E-state index contributed by atoms with van der Waals surface area (Å²) in [7, 11) is 0. The Morgan fingerprint density at radius 3 is 2.96 bits per heavy atom. The normalized spacial score (nSPS) is 19.3. The molecule has 2 aromatic rings. The first kappa shape index (κ1) is 15.9. The van der Waals surface area contributed by atoms with Crippen molar-refractivity contribution in [3.63, 3.8) is 0 Å². The van der Waals surface area contributed by atoms with Crippen LogP contribution < -0.4 is 0 Å². The smallest absolute Gasteiger partial charge is 0.317 e. The first-order valence-corrected chi connectivity index (χ1v) is 7.51. The number of ether oxygens (including phenoxy) is 1. The van der Waals surface area contributed by atoms with Crippen LogP contribution >= 0.6 is 0 Å². The molecular weight excluding hydrogens is 312 g/mol. The maximum Gasteiger partial charge on any atom is 0.317 e. The van der Waals surface area contributed by atoms with Crippen LogP contribution in [-0.4, -0.2) is 32.8 Å². The number of nitro benzene ring substituents is 1. The van der Waals surface area contributed by atoms with Crippen molar-refractivity contribution in [1.82, 2.24) is 9.55 Å². The molecule has 124 valence electrons. The van der Waals surface area contributed by atoms with E-state index < -0.39 is 22.9 Å². The SMILES string of the molecule is CCOC(=O)C1C(C)=Nc2cncn2C1c1cccc([N+](=O)[O-])c1. The maximum atomic E-state index is 12.5. The number of nitrogens with zero attached hydrogens (tertiary/aromatic N) is 4. The van der Waals surface area contributed by atoms with Crippen molar-refractivity contribution in [3.8, 4) is 0 Å². The third kappa shape index (κ3) is 2.66. The summed E-state index contributed by atoms with van der Waals surface area (Å²) in [5, 5.41) is 11.1. The van der Waals surface area contributed by atoms with Crippen molar-refractivity contribution in [3.05, 3.63) is 52.5 Å². The van der Waals surface area contributed by atoms with Gasteiger partial charge in [0.25, 0.3) is 5.69 Å². The summed E-state index contributed by atoms with van der Waals surface area (Å²) in [6, 6.07) is 5.76. The van der Waals surface area contributed by atoms with Crippen LogP contribution in [0.2, 0.25) is 0 Å². The minimum absolute atomic E-state index is 0.0306. The lowest BCUT2D eigenvalue weighted by Gasteiger charge is -2.31. The first-order valence-electron chi connectivity index (χ1n) is 7.51. The van der Waals surface area contributed by atoms with Crippen molar-refractivity contribution < 1.29 is 14.5 Å². The molecular formula is C16H16N4O4. The minimum Gasteiger partial charge on any atom is -0.465 e. The number of benzene rings is 1. The van der Waals surface area contributed by atoms with Gasteiger partial charge >= 0.3 is 5.97 Å². The molecule has 24 heavy (non-hydrogen) atoms. The number of carbonyl (C=O) groups excluding carboxylic acids is 1. The zero-order valence-electron chi connectivity index (χ0n) is 13.2. The molecule has 2 heterocycles. The third-order valence-electron chi connectivity index (χ3n) is 3.97. The molecule has 0 fully saturated rings. The molecule has 2 atom stereocenters. The van der Waals surface area contributed by atoms with Crippen LogP contribution in [0.4, 0.5) is 11.5 Å². The van der Waals surface area contributed by atoms with Gasteiger partial charge in [-0.05, 0) is 19.4 Å². The van der Waals surface area contributed by atoms with Crippen molar-refractivity contribution in [2.45, 2.75) is 19.9 Å². The largest absolute Gasteiger partial charge is 0.465 e. The van der Waals surface area contributed by atoms with Gasteiger partial charge in [-0.2, -0.15) is 0 Å². The summed E-state index contributed by atoms with van der Waals surface area (Å²) in [5.74, 6) is -0.465. The van der Waals surface area contributed by atoms with Gasteiger partial charge in [0.2, 0.25) is 0 Å². The molecule has 1 aromatic heterocycles. The van der Waals surface area contributed by atoms with Crippen LogP contribution in [0.5, 0.6) is 0 Å². The number of hydrogen-bond acceptors (Lipinski definition) is 6. The van der Waals surface area contributed by atoms with Crippen LogP contribution in [0.15, 0.2) is 41.8 Å². The second-order valence-corrected chi connectivity index (χ2v) is 5.44. The molecule has 0 saturated heterocycles. The molecule has 2 unspecified atom stereocenters. The van der Waals surface area contributed by atoms with Gasteiger partial charge < -0.3 is 9.30 Å². The Bertz CT molecular complexity index is 827. The maximum absolute atomic E-state index is 12.5. The van der Waals surface area contributed by atoms with Crippen molar-refractivity contribution >= 4 is 23.2 Å². The third-order valence-corrected chi connectivity index (χ3v) is 3.97. The van der Waals surface area contributed by atoms with E-state index in [-0.39, 0.29) is 12.3 Å². The lowest BCUT2D eigenvalue weighted by atomic mass is 9.88. The molecule has 0 aliphatic carbocycles. The Morgan fingerprint density at radius 1 is 1.46 bits per heavy atom. The summed E-state index contributed by atoms with van der Waals surface area (Å²) in [6.45, 7) is 3.74. The van der Waals surface area contributed by atoms with Gasteiger partial charge in [-0.3, -0.25) is 14.9 Å². The van der Waals surface area contributed by atoms with Crippen LogP contribution in [0.25, 0.3) is 0 Å². The van der Waals surface area contributed by atoms with E-state index in [1.54, 1.807) is 43.1 Å². The fourth-order valence-electron chi connectivity index (χ4n) is 2.94. The van der Waals surface area contributed by atoms with Crippen molar-refractivity contribution in [2.24, 2.45) is 10.9 Å². The van der Waals surface area contributed by atoms with E-state index in [9.17, 15) is 14.9 Å². The first-order chi connectivity index (χ1) is 11.5. The molecule has 0 bridgehead atoms. The molecule has 1 aromatic carbocycles. The predicted octanol–water partition coefficient (Wildman–Crippen LogP) is 2.67. The van der Waals surface area contributed by atoms with E-state index in [1.807, 2.05) is 0 Å². The summed E-state index contributed by atoms with van der Waals surface area (Å²) < 4.78 is 6.93. The van der Waals surface area contributed by atoms with Gasteiger partial charge in [-0.25, -0.2) is 9.98 Å². The van der Waals surface area contributed by atoms with E-state index in [0.717, 1.165) is 0 Å². The number of nitro groups is 1. The van der Waals surface area contributed by atoms with E-state index in [1.165, 1.54) is 12.1 Å². The Kier molecular flexibility index (Phi) is 4.11. The summed E-state index contributed by atoms with van der Waals surface area (Å²) in [4.78, 5) is 31.6. The monoisotopic (exact) mass is 328 g/mol. The fourth-order valence-corrected chi connectivity index (χ4v) is 2.94. The number of esters is 1. The quantitative estimate of drug-likeness (QED) is 0.488. The van der Waals surface area contributed by atoms with E-state index >= 15 is 0 Å². The second-order valence-electron chi connectivity index (χ2n) is 5.44. The van der Waals surface area contributed by atoms with Crippen LogP contribution in [0.1, 0.15) is 25.5 Å². The number of fused-ring (bicyclic) bond motifs is 1. The highest BCUT2D eigenvalue weighted by atomic mass is 16.6. The Labute approximate surface area is 137 Å². The highest BCUT2D eigenvalue weighted by molar-refractivity contribution is 6.03. The second kappa shape index (κ2) is 6.23. The van der Waals surface area contributed by atoms with Gasteiger partial charge in [0.05, 0.1) is 30.1 Å². The lowest BCUT2D eigenvalue weighted by Crippen LogP contribution is -2.36. The van der Waals surface area contributed by atoms with Gasteiger partial charge in [0.15, 0.2) is 5.82 Å². The number of hydrogen-bond donors (Lipinski definition) is 0. The van der Waals surface area contributed by atoms with Crippen LogP contribution in [-0.2, 0) is 9.53 Å². The molecule has 0 N–H and O–H groups in total. The lowest BCUT2D eigenvalue weighted by molar-refractivity contribution is -0.384. The van der Waals surface area contributed by atoms with Gasteiger partial charge in [-0.15, -0.1) is 0 Å². The molecule has 0 amide bonds. The van der Waals surface area contributed by atoms with Crippen molar-refractivity contribution in [1.29, 1.82) is 0 Å². The average molecular weight is 328 g/mol. The van der Waals surface area contributed by atoms with Gasteiger partial charge in [0, 0.05) is 17.8 Å². The van der Waals surface area contributed by atoms with Gasteiger partial charge in [0.1, 0.15) is 5.92 Å². The van der Waals surface area contributed by atoms with Crippen LogP contribution in [0.3, 0.4) is 0 Å². The molecule has 1 aliphatic rings. The molecule has 1 aliphatic heterocycles. The van der Waals surface area contributed by atoms with E-state index in [2.05, 4.69) is 9.98 Å². The molecule has 0 saturated carbocycles. The predicted molar refractivity (Wildman–Crippen MR) is 86.4 cm³/mol. The highest BCUT2D eigenvalue weighted by Crippen LogP contribution is 2.37. The standard InChI is InChI=1S/C16H16N4O4/c1-3-24-16(21)14-10(2)18-13-8-17-9-19(13)15(14)11-5-4-6-12(7-11)20(22)23/h4-9,14-15H,3H2,1-2H3. The zero-order valence-corrected chi connectivity index (χ0v) is 13.2. The number of aliphatic imine (C=N–C) groups is 1. The summed E-state index contributed by atoms with van der Waals surface area (Å²) in [5.41, 5.74) is 1.20. The fraction of sp³-hybridized carbons (Fsp3) is 0.312. The Balaban J connectivity index is 2.13. The Morgan fingerprint density at radius 2 is 2.25 bits per heavy atom. The summed E-state index contributed by atoms with van der Waals surface area (Å²) in [6.07, 6.45) is 3.16. The Hall–Kier alpha value is -3.03. The molecule has 3 rings (SSSR count). The summed E-state index contributed by atoms with van der Waals surface area (Å²) >= 11 is 0. The number of aromatic nitrogens is 2. The topological polar surface area (TPSA) is 99.6 Å². The van der Waals surface area contributed by atoms with E-state index in [0.29, 0.717) is 17.1 Å². The average Bonchev–Trinajstić information content (AvgIpc) is 3.01. The minimum atomic E-state index is -0.659. The molecule has 8 heteroatoms. The van der Waals surface area contributed by atoms with Gasteiger partial charge in [-0.1, -0.05) is 12.1 Å². The van der Waals surface area contributed by atoms with Crippen molar-refractivity contribution in [2.75, 3.05) is 6.61 Å². The van der Waals surface area contributed by atoms with E-state index in [4.69, 9.17) is 4.74 Å².